The zero-order valence-corrected chi connectivity index (χ0v) is 17.7. The van der Waals surface area contributed by atoms with Crippen LogP contribution in [0.4, 0.5) is 0 Å². The predicted molar refractivity (Wildman–Crippen MR) is 112 cm³/mol. The van der Waals surface area contributed by atoms with Crippen LogP contribution in [0.3, 0.4) is 0 Å². The van der Waals surface area contributed by atoms with Crippen LogP contribution >= 0.6 is 11.3 Å². The van der Waals surface area contributed by atoms with Gasteiger partial charge in [-0.15, -0.1) is 11.3 Å². The van der Waals surface area contributed by atoms with Gasteiger partial charge in [-0.25, -0.2) is 0 Å². The lowest BCUT2D eigenvalue weighted by molar-refractivity contribution is -0.137. The molecular weight excluding hydrogens is 370 g/mol. The van der Waals surface area contributed by atoms with Crippen LogP contribution in [0.25, 0.3) is 0 Å². The monoisotopic (exact) mass is 403 g/mol. The Balaban J connectivity index is 1.26. The molecule has 0 radical (unpaired) electrons. The topological polar surface area (TPSA) is 43.9 Å². The second-order valence-electron chi connectivity index (χ2n) is 8.55. The van der Waals surface area contributed by atoms with Gasteiger partial charge in [-0.3, -0.25) is 14.5 Å². The largest absolute Gasteiger partial charge is 0.342 e. The first-order valence-electron chi connectivity index (χ1n) is 11.1. The van der Waals surface area contributed by atoms with Crippen molar-refractivity contribution < 1.29 is 9.59 Å². The minimum Gasteiger partial charge on any atom is -0.342 e. The van der Waals surface area contributed by atoms with Crippen molar-refractivity contribution in [3.63, 3.8) is 0 Å². The maximum absolute atomic E-state index is 12.9. The van der Waals surface area contributed by atoms with Crippen molar-refractivity contribution in [1.29, 1.82) is 0 Å². The predicted octanol–water partition coefficient (Wildman–Crippen LogP) is 3.53. The summed E-state index contributed by atoms with van der Waals surface area (Å²) in [6, 6.07) is 4.50. The van der Waals surface area contributed by atoms with Crippen molar-refractivity contribution in [3.8, 4) is 0 Å². The lowest BCUT2D eigenvalue weighted by Crippen LogP contribution is -2.46. The fourth-order valence-electron chi connectivity index (χ4n) is 5.01. The van der Waals surface area contributed by atoms with E-state index < -0.39 is 0 Å². The van der Waals surface area contributed by atoms with Crippen LogP contribution in [-0.2, 0) is 9.59 Å². The molecule has 3 aliphatic rings. The Kier molecular flexibility index (Phi) is 6.68. The molecule has 4 rings (SSSR count). The lowest BCUT2D eigenvalue weighted by atomic mass is 9.95. The molecule has 0 aliphatic carbocycles. The number of rotatable bonds is 4. The van der Waals surface area contributed by atoms with Gasteiger partial charge in [-0.2, -0.15) is 0 Å². The van der Waals surface area contributed by atoms with Gasteiger partial charge in [0.25, 0.3) is 0 Å². The van der Waals surface area contributed by atoms with Crippen LogP contribution in [0.1, 0.15) is 62.3 Å². The molecule has 3 fully saturated rings. The van der Waals surface area contributed by atoms with Gasteiger partial charge >= 0.3 is 0 Å². The molecule has 1 unspecified atom stereocenters. The minimum absolute atomic E-state index is 0.162. The van der Waals surface area contributed by atoms with E-state index in [1.54, 1.807) is 11.3 Å². The zero-order chi connectivity index (χ0) is 19.3. The SMILES string of the molecule is O=C(C1CCN(CC(=O)N2CCCC2c2cccs2)CC1)N1CCCCCC1. The summed E-state index contributed by atoms with van der Waals surface area (Å²) in [7, 11) is 0. The Morgan fingerprint density at radius 1 is 0.929 bits per heavy atom. The molecule has 1 atom stereocenters. The second-order valence-corrected chi connectivity index (χ2v) is 9.53. The quantitative estimate of drug-likeness (QED) is 0.773. The van der Waals surface area contributed by atoms with Gasteiger partial charge in [0.2, 0.25) is 11.8 Å². The number of carbonyl (C=O) groups excluding carboxylic acids is 2. The van der Waals surface area contributed by atoms with E-state index in [-0.39, 0.29) is 17.9 Å². The zero-order valence-electron chi connectivity index (χ0n) is 16.9. The molecule has 1 aromatic heterocycles. The van der Waals surface area contributed by atoms with E-state index >= 15 is 0 Å². The van der Waals surface area contributed by atoms with Gasteiger partial charge in [-0.1, -0.05) is 18.9 Å². The third-order valence-electron chi connectivity index (χ3n) is 6.66. The highest BCUT2D eigenvalue weighted by atomic mass is 32.1. The number of piperidine rings is 1. The second kappa shape index (κ2) is 9.40. The van der Waals surface area contributed by atoms with Crippen LogP contribution in [0.5, 0.6) is 0 Å². The van der Waals surface area contributed by atoms with E-state index in [9.17, 15) is 9.59 Å². The Bertz CT molecular complexity index is 647. The first-order valence-corrected chi connectivity index (χ1v) is 11.9. The fourth-order valence-corrected chi connectivity index (χ4v) is 5.88. The van der Waals surface area contributed by atoms with Gasteiger partial charge < -0.3 is 9.80 Å². The highest BCUT2D eigenvalue weighted by Crippen LogP contribution is 2.34. The summed E-state index contributed by atoms with van der Waals surface area (Å²) >= 11 is 1.76. The molecule has 2 amide bonds. The van der Waals surface area contributed by atoms with Crippen LogP contribution in [0.2, 0.25) is 0 Å². The molecular formula is C22H33N3O2S. The van der Waals surface area contributed by atoms with Gasteiger partial charge in [-0.05, 0) is 63.1 Å². The van der Waals surface area contributed by atoms with Gasteiger partial charge in [0, 0.05) is 30.4 Å². The molecule has 3 aliphatic heterocycles. The van der Waals surface area contributed by atoms with Crippen molar-refractivity contribution in [2.45, 2.75) is 57.4 Å². The van der Waals surface area contributed by atoms with Crippen molar-refractivity contribution in [2.75, 3.05) is 39.3 Å². The van der Waals surface area contributed by atoms with E-state index in [1.165, 1.54) is 17.7 Å². The maximum Gasteiger partial charge on any atom is 0.237 e. The minimum atomic E-state index is 0.162. The van der Waals surface area contributed by atoms with E-state index in [0.29, 0.717) is 12.5 Å². The molecule has 0 bridgehead atoms. The van der Waals surface area contributed by atoms with Crippen molar-refractivity contribution in [2.24, 2.45) is 5.92 Å². The molecule has 0 spiro atoms. The molecule has 154 valence electrons. The molecule has 0 saturated carbocycles. The van der Waals surface area contributed by atoms with Crippen molar-refractivity contribution in [3.05, 3.63) is 22.4 Å². The molecule has 0 N–H and O–H groups in total. The first-order chi connectivity index (χ1) is 13.7. The van der Waals surface area contributed by atoms with E-state index in [2.05, 4.69) is 32.2 Å². The summed E-state index contributed by atoms with van der Waals surface area (Å²) in [5.41, 5.74) is 0. The molecule has 6 heteroatoms. The van der Waals surface area contributed by atoms with E-state index in [1.807, 2.05) is 0 Å². The molecule has 1 aromatic rings. The summed E-state index contributed by atoms with van der Waals surface area (Å²) in [4.78, 5) is 33.5. The Morgan fingerprint density at radius 2 is 1.68 bits per heavy atom. The van der Waals surface area contributed by atoms with Crippen LogP contribution < -0.4 is 0 Å². The molecule has 4 heterocycles. The summed E-state index contributed by atoms with van der Waals surface area (Å²) < 4.78 is 0. The van der Waals surface area contributed by atoms with Crippen LogP contribution in [0.15, 0.2) is 17.5 Å². The number of amides is 2. The third kappa shape index (κ3) is 4.60. The number of hydrogen-bond donors (Lipinski definition) is 0. The highest BCUT2D eigenvalue weighted by Gasteiger charge is 2.33. The molecule has 0 aromatic carbocycles. The summed E-state index contributed by atoms with van der Waals surface area (Å²) in [6.45, 7) is 5.01. The average Bonchev–Trinajstić information content (AvgIpc) is 3.34. The highest BCUT2D eigenvalue weighted by molar-refractivity contribution is 7.10. The number of hydrogen-bond acceptors (Lipinski definition) is 4. The number of likely N-dealkylation sites (tertiary alicyclic amines) is 3. The standard InChI is InChI=1S/C22H33N3O2S/c26-21(25-13-5-7-19(25)20-8-6-16-28-20)17-23-14-9-18(10-15-23)22(27)24-11-3-1-2-4-12-24/h6,8,16,18-19H,1-5,7,9-15,17H2. The summed E-state index contributed by atoms with van der Waals surface area (Å²) in [5, 5.41) is 2.10. The lowest BCUT2D eigenvalue weighted by Gasteiger charge is -2.35. The van der Waals surface area contributed by atoms with Crippen molar-refractivity contribution >= 4 is 23.2 Å². The third-order valence-corrected chi connectivity index (χ3v) is 7.63. The van der Waals surface area contributed by atoms with Crippen LogP contribution in [-0.4, -0.2) is 65.8 Å². The fraction of sp³-hybridized carbons (Fsp3) is 0.727. The van der Waals surface area contributed by atoms with Gasteiger partial charge in [0.15, 0.2) is 0 Å². The maximum atomic E-state index is 12.9. The van der Waals surface area contributed by atoms with E-state index in [4.69, 9.17) is 0 Å². The average molecular weight is 404 g/mol. The number of carbonyl (C=O) groups is 2. The van der Waals surface area contributed by atoms with Gasteiger partial charge in [0.1, 0.15) is 0 Å². The Labute approximate surface area is 172 Å². The van der Waals surface area contributed by atoms with Crippen molar-refractivity contribution in [1.82, 2.24) is 14.7 Å². The normalized spacial score (nSPS) is 25.1. The van der Waals surface area contributed by atoms with Crippen LogP contribution in [0, 0.1) is 5.92 Å². The number of nitrogens with zero attached hydrogens (tertiary/aromatic N) is 3. The van der Waals surface area contributed by atoms with Gasteiger partial charge in [0.05, 0.1) is 12.6 Å². The molecule has 28 heavy (non-hydrogen) atoms. The summed E-state index contributed by atoms with van der Waals surface area (Å²) in [5.74, 6) is 0.786. The Hall–Kier alpha value is -1.40. The smallest absolute Gasteiger partial charge is 0.237 e. The molecule has 3 saturated heterocycles. The first kappa shape index (κ1) is 19.9. The molecule has 5 nitrogen and oxygen atoms in total. The summed E-state index contributed by atoms with van der Waals surface area (Å²) in [6.07, 6.45) is 8.80. The Morgan fingerprint density at radius 3 is 2.36 bits per heavy atom. The van der Waals surface area contributed by atoms with E-state index in [0.717, 1.165) is 71.2 Å². The number of thiophene rings is 1.